The van der Waals surface area contributed by atoms with Gasteiger partial charge in [0.2, 0.25) is 0 Å². The number of ether oxygens (including phenoxy) is 2. The van der Waals surface area contributed by atoms with Crippen molar-refractivity contribution in [2.24, 2.45) is 0 Å². The Hall–Kier alpha value is -3.86. The smallest absolute Gasteiger partial charge is 0.303 e. The minimum Gasteiger partial charge on any atom is -0.497 e. The number of hydrogen-bond acceptors (Lipinski definition) is 3. The highest BCUT2D eigenvalue weighted by molar-refractivity contribution is 5.96. The van der Waals surface area contributed by atoms with Crippen molar-refractivity contribution in [3.8, 4) is 28.4 Å². The third kappa shape index (κ3) is 4.67. The number of halogens is 1. The minimum absolute atomic E-state index is 0.0785. The van der Waals surface area contributed by atoms with Gasteiger partial charge in [0.25, 0.3) is 0 Å². The summed E-state index contributed by atoms with van der Waals surface area (Å²) in [7, 11) is 1.62. The van der Waals surface area contributed by atoms with Crippen LogP contribution in [0.25, 0.3) is 21.9 Å². The highest BCUT2D eigenvalue weighted by atomic mass is 19.1. The zero-order chi connectivity index (χ0) is 21.8. The number of fused-ring (bicyclic) bond motifs is 1. The second kappa shape index (κ2) is 8.88. The first-order chi connectivity index (χ1) is 15.0. The number of rotatable bonds is 7. The molecule has 5 heteroatoms. The summed E-state index contributed by atoms with van der Waals surface area (Å²) in [6.45, 7) is 0. The molecule has 0 radical (unpaired) electrons. The zero-order valence-electron chi connectivity index (χ0n) is 17.0. The van der Waals surface area contributed by atoms with E-state index >= 15 is 0 Å². The van der Waals surface area contributed by atoms with Gasteiger partial charge in [-0.15, -0.1) is 0 Å². The number of carbonyl (C=O) groups is 1. The highest BCUT2D eigenvalue weighted by Crippen LogP contribution is 2.40. The lowest BCUT2D eigenvalue weighted by Gasteiger charge is -2.16. The maximum atomic E-state index is 13.9. The van der Waals surface area contributed by atoms with Crippen LogP contribution in [0.2, 0.25) is 0 Å². The van der Waals surface area contributed by atoms with E-state index in [0.717, 1.165) is 27.6 Å². The van der Waals surface area contributed by atoms with Crippen molar-refractivity contribution in [2.45, 2.75) is 12.8 Å². The molecule has 0 aliphatic rings. The Morgan fingerprint density at radius 1 is 0.935 bits per heavy atom. The van der Waals surface area contributed by atoms with Crippen molar-refractivity contribution >= 4 is 16.7 Å². The standard InChI is InChI=1S/C26H21FO4/c1-30-22-11-13-24-19(16-22)8-12-23(18-3-2-4-20(27)15-18)26(24)31-21-9-5-17(6-10-21)7-14-25(28)29/h2-6,8-13,15-16H,7,14H2,1H3,(H,28,29). The van der Waals surface area contributed by atoms with Crippen molar-refractivity contribution in [1.82, 2.24) is 0 Å². The van der Waals surface area contributed by atoms with Crippen LogP contribution in [-0.2, 0) is 11.2 Å². The van der Waals surface area contributed by atoms with Gasteiger partial charge in [-0.2, -0.15) is 0 Å². The predicted molar refractivity (Wildman–Crippen MR) is 118 cm³/mol. The molecule has 0 unspecified atom stereocenters. The predicted octanol–water partition coefficient (Wildman–Crippen LogP) is 6.46. The van der Waals surface area contributed by atoms with Crippen molar-refractivity contribution in [3.63, 3.8) is 0 Å². The summed E-state index contributed by atoms with van der Waals surface area (Å²) < 4.78 is 25.5. The fourth-order valence-electron chi connectivity index (χ4n) is 3.49. The average molecular weight is 416 g/mol. The van der Waals surface area contributed by atoms with E-state index in [9.17, 15) is 9.18 Å². The SMILES string of the molecule is COc1ccc2c(Oc3ccc(CCC(=O)O)cc3)c(-c3cccc(F)c3)ccc2c1. The summed E-state index contributed by atoms with van der Waals surface area (Å²) in [4.78, 5) is 10.8. The first kappa shape index (κ1) is 20.4. The van der Waals surface area contributed by atoms with Crippen LogP contribution < -0.4 is 9.47 Å². The molecule has 4 aromatic carbocycles. The number of benzene rings is 4. The fourth-order valence-corrected chi connectivity index (χ4v) is 3.49. The lowest BCUT2D eigenvalue weighted by molar-refractivity contribution is -0.136. The third-order valence-electron chi connectivity index (χ3n) is 5.08. The Balaban J connectivity index is 1.76. The molecular weight excluding hydrogens is 395 g/mol. The number of methoxy groups -OCH3 is 1. The lowest BCUT2D eigenvalue weighted by atomic mass is 9.99. The van der Waals surface area contributed by atoms with E-state index in [1.807, 2.05) is 60.7 Å². The van der Waals surface area contributed by atoms with E-state index in [4.69, 9.17) is 14.6 Å². The van der Waals surface area contributed by atoms with E-state index in [1.54, 1.807) is 13.2 Å². The normalized spacial score (nSPS) is 10.8. The molecule has 0 aromatic heterocycles. The average Bonchev–Trinajstić information content (AvgIpc) is 2.78. The monoisotopic (exact) mass is 416 g/mol. The molecule has 1 N–H and O–H groups in total. The molecule has 0 fully saturated rings. The van der Waals surface area contributed by atoms with Crippen LogP contribution in [0.1, 0.15) is 12.0 Å². The topological polar surface area (TPSA) is 55.8 Å². The number of carboxylic acid groups (broad SMARTS) is 1. The number of aliphatic carboxylic acids is 1. The summed E-state index contributed by atoms with van der Waals surface area (Å²) in [5.74, 6) is 0.816. The minimum atomic E-state index is -0.828. The molecule has 0 saturated carbocycles. The Kier molecular flexibility index (Phi) is 5.85. The molecule has 4 aromatic rings. The molecule has 31 heavy (non-hydrogen) atoms. The van der Waals surface area contributed by atoms with Gasteiger partial charge >= 0.3 is 5.97 Å². The van der Waals surface area contributed by atoms with Gasteiger partial charge in [-0.3, -0.25) is 4.79 Å². The van der Waals surface area contributed by atoms with Crippen molar-refractivity contribution in [3.05, 3.63) is 90.2 Å². The first-order valence-electron chi connectivity index (χ1n) is 9.89. The van der Waals surface area contributed by atoms with Gasteiger partial charge in [-0.25, -0.2) is 4.39 Å². The zero-order valence-corrected chi connectivity index (χ0v) is 17.0. The molecule has 0 atom stereocenters. The second-order valence-corrected chi connectivity index (χ2v) is 7.18. The van der Waals surface area contributed by atoms with E-state index in [0.29, 0.717) is 23.5 Å². The first-order valence-corrected chi connectivity index (χ1v) is 9.89. The van der Waals surface area contributed by atoms with E-state index < -0.39 is 5.97 Å². The maximum Gasteiger partial charge on any atom is 0.303 e. The molecule has 4 nitrogen and oxygen atoms in total. The van der Waals surface area contributed by atoms with Crippen LogP contribution in [0.5, 0.6) is 17.2 Å². The second-order valence-electron chi connectivity index (χ2n) is 7.18. The number of carboxylic acids is 1. The molecule has 0 spiro atoms. The summed E-state index contributed by atoms with van der Waals surface area (Å²) in [6.07, 6.45) is 0.535. The summed E-state index contributed by atoms with van der Waals surface area (Å²) >= 11 is 0. The molecular formula is C26H21FO4. The summed E-state index contributed by atoms with van der Waals surface area (Å²) in [6, 6.07) is 23.3. The molecule has 0 saturated heterocycles. The van der Waals surface area contributed by atoms with Crippen LogP contribution in [0.3, 0.4) is 0 Å². The van der Waals surface area contributed by atoms with Gasteiger partial charge in [-0.1, -0.05) is 30.3 Å². The largest absolute Gasteiger partial charge is 0.497 e. The summed E-state index contributed by atoms with van der Waals surface area (Å²) in [5, 5.41) is 10.7. The Bertz CT molecular complexity index is 1230. The maximum absolute atomic E-state index is 13.9. The highest BCUT2D eigenvalue weighted by Gasteiger charge is 2.14. The van der Waals surface area contributed by atoms with E-state index in [2.05, 4.69) is 0 Å². The molecule has 156 valence electrons. The lowest BCUT2D eigenvalue weighted by Crippen LogP contribution is -1.97. The van der Waals surface area contributed by atoms with Crippen LogP contribution in [0.4, 0.5) is 4.39 Å². The van der Waals surface area contributed by atoms with Crippen molar-refractivity contribution in [2.75, 3.05) is 7.11 Å². The summed E-state index contributed by atoms with van der Waals surface area (Å²) in [5.41, 5.74) is 2.40. The van der Waals surface area contributed by atoms with Gasteiger partial charge in [0.15, 0.2) is 0 Å². The van der Waals surface area contributed by atoms with Gasteiger partial charge in [0.05, 0.1) is 7.11 Å². The molecule has 0 aliphatic heterocycles. The van der Waals surface area contributed by atoms with Crippen LogP contribution in [0, 0.1) is 5.82 Å². The molecule has 0 bridgehead atoms. The van der Waals surface area contributed by atoms with Crippen LogP contribution >= 0.6 is 0 Å². The third-order valence-corrected chi connectivity index (χ3v) is 5.08. The van der Waals surface area contributed by atoms with Crippen LogP contribution in [-0.4, -0.2) is 18.2 Å². The Morgan fingerprint density at radius 2 is 1.71 bits per heavy atom. The van der Waals surface area contributed by atoms with E-state index in [-0.39, 0.29) is 12.2 Å². The quantitative estimate of drug-likeness (QED) is 0.375. The molecule has 0 aliphatic carbocycles. The van der Waals surface area contributed by atoms with Crippen molar-refractivity contribution in [1.29, 1.82) is 0 Å². The van der Waals surface area contributed by atoms with Gasteiger partial charge in [-0.05, 0) is 71.5 Å². The van der Waals surface area contributed by atoms with Crippen molar-refractivity contribution < 1.29 is 23.8 Å². The van der Waals surface area contributed by atoms with E-state index in [1.165, 1.54) is 12.1 Å². The number of aryl methyl sites for hydroxylation is 1. The number of hydrogen-bond donors (Lipinski definition) is 1. The Morgan fingerprint density at radius 3 is 2.42 bits per heavy atom. The molecule has 0 heterocycles. The van der Waals surface area contributed by atoms with Gasteiger partial charge in [0.1, 0.15) is 23.1 Å². The van der Waals surface area contributed by atoms with Gasteiger partial charge < -0.3 is 14.6 Å². The Labute approximate surface area is 179 Å². The van der Waals surface area contributed by atoms with Gasteiger partial charge in [0, 0.05) is 17.4 Å². The molecule has 4 rings (SSSR count). The van der Waals surface area contributed by atoms with Crippen LogP contribution in [0.15, 0.2) is 78.9 Å². The molecule has 0 amide bonds. The fraction of sp³-hybridized carbons (Fsp3) is 0.115.